The summed E-state index contributed by atoms with van der Waals surface area (Å²) >= 11 is 0. The van der Waals surface area contributed by atoms with Gasteiger partial charge in [-0.2, -0.15) is 0 Å². The third kappa shape index (κ3) is 3.69. The number of fused-ring (bicyclic) bond motifs is 2. The Bertz CT molecular complexity index is 741. The molecule has 5 nitrogen and oxygen atoms in total. The average Bonchev–Trinajstić information content (AvgIpc) is 2.54. The molecule has 0 radical (unpaired) electrons. The van der Waals surface area contributed by atoms with Crippen molar-refractivity contribution < 1.29 is 19.1 Å². The standard InChI is InChI=1S/C22H31NO4/c1-15(24)27-19-22(5)13-20(2,3)12-21(4,14-22)18(25)23(19)11-16-7-9-17(26-6)10-8-16/h7-10,19H,11-14H2,1-6H3. The summed E-state index contributed by atoms with van der Waals surface area (Å²) in [5, 5.41) is 0. The van der Waals surface area contributed by atoms with Crippen molar-refractivity contribution in [1.82, 2.24) is 4.90 Å². The minimum atomic E-state index is -0.544. The molecule has 0 spiro atoms. The number of carbonyl (C=O) groups is 2. The summed E-state index contributed by atoms with van der Waals surface area (Å²) in [7, 11) is 1.63. The first kappa shape index (κ1) is 19.7. The topological polar surface area (TPSA) is 55.8 Å². The number of hydrogen-bond donors (Lipinski definition) is 0. The second kappa shape index (κ2) is 6.54. The van der Waals surface area contributed by atoms with Crippen LogP contribution in [0.25, 0.3) is 0 Å². The fraction of sp³-hybridized carbons (Fsp3) is 0.636. The molecule has 1 heterocycles. The van der Waals surface area contributed by atoms with Crippen LogP contribution >= 0.6 is 0 Å². The lowest BCUT2D eigenvalue weighted by molar-refractivity contribution is -0.220. The summed E-state index contributed by atoms with van der Waals surface area (Å²) in [6.45, 7) is 10.5. The predicted octanol–water partition coefficient (Wildman–Crippen LogP) is 4.15. The minimum absolute atomic E-state index is 0.0298. The van der Waals surface area contributed by atoms with E-state index >= 15 is 0 Å². The van der Waals surface area contributed by atoms with Gasteiger partial charge in [-0.3, -0.25) is 9.59 Å². The van der Waals surface area contributed by atoms with E-state index in [1.54, 1.807) is 12.0 Å². The smallest absolute Gasteiger partial charge is 0.304 e. The van der Waals surface area contributed by atoms with Crippen molar-refractivity contribution >= 4 is 11.9 Å². The van der Waals surface area contributed by atoms with Crippen LogP contribution in [0.4, 0.5) is 0 Å². The molecule has 1 aromatic carbocycles. The van der Waals surface area contributed by atoms with Gasteiger partial charge in [0.2, 0.25) is 5.91 Å². The Labute approximate surface area is 162 Å². The third-order valence-corrected chi connectivity index (χ3v) is 5.99. The lowest BCUT2D eigenvalue weighted by atomic mass is 9.52. The van der Waals surface area contributed by atoms with E-state index in [0.717, 1.165) is 30.6 Å². The Morgan fingerprint density at radius 2 is 1.74 bits per heavy atom. The Hall–Kier alpha value is -2.04. The third-order valence-electron chi connectivity index (χ3n) is 5.99. The van der Waals surface area contributed by atoms with Crippen molar-refractivity contribution in [3.05, 3.63) is 29.8 Å². The second-order valence-electron chi connectivity index (χ2n) is 9.65. The van der Waals surface area contributed by atoms with E-state index in [4.69, 9.17) is 9.47 Å². The van der Waals surface area contributed by atoms with Gasteiger partial charge in [0.1, 0.15) is 5.75 Å². The average molecular weight is 373 g/mol. The fourth-order valence-corrected chi connectivity index (χ4v) is 5.83. The molecule has 3 unspecified atom stereocenters. The van der Waals surface area contributed by atoms with Crippen molar-refractivity contribution in [2.24, 2.45) is 16.2 Å². The summed E-state index contributed by atoms with van der Waals surface area (Å²) in [6.07, 6.45) is 1.97. The van der Waals surface area contributed by atoms with Gasteiger partial charge >= 0.3 is 5.97 Å². The maximum Gasteiger partial charge on any atom is 0.304 e. The molecule has 1 saturated heterocycles. The molecule has 1 aliphatic heterocycles. The van der Waals surface area contributed by atoms with E-state index in [0.29, 0.717) is 6.54 Å². The van der Waals surface area contributed by atoms with Crippen LogP contribution < -0.4 is 4.74 Å². The van der Waals surface area contributed by atoms with Crippen LogP contribution in [0, 0.1) is 16.2 Å². The monoisotopic (exact) mass is 373 g/mol. The molecular weight excluding hydrogens is 342 g/mol. The van der Waals surface area contributed by atoms with Crippen molar-refractivity contribution in [2.45, 2.75) is 66.7 Å². The maximum absolute atomic E-state index is 13.5. The number of amides is 1. The highest BCUT2D eigenvalue weighted by atomic mass is 16.6. The predicted molar refractivity (Wildman–Crippen MR) is 103 cm³/mol. The zero-order chi connectivity index (χ0) is 20.0. The van der Waals surface area contributed by atoms with Crippen molar-refractivity contribution in [2.75, 3.05) is 7.11 Å². The number of likely N-dealkylation sites (tertiary alicyclic amines) is 1. The number of esters is 1. The first-order chi connectivity index (χ1) is 12.5. The largest absolute Gasteiger partial charge is 0.497 e. The Morgan fingerprint density at radius 1 is 1.11 bits per heavy atom. The number of ether oxygens (including phenoxy) is 2. The molecule has 3 rings (SSSR count). The molecule has 148 valence electrons. The molecule has 1 aromatic rings. The second-order valence-corrected chi connectivity index (χ2v) is 9.65. The zero-order valence-electron chi connectivity index (χ0n) is 17.3. The summed E-state index contributed by atoms with van der Waals surface area (Å²) in [4.78, 5) is 27.2. The number of carbonyl (C=O) groups excluding carboxylic acids is 2. The molecule has 1 amide bonds. The fourth-order valence-electron chi connectivity index (χ4n) is 5.83. The molecule has 2 fully saturated rings. The highest BCUT2D eigenvalue weighted by Gasteiger charge is 2.61. The minimum Gasteiger partial charge on any atom is -0.497 e. The highest BCUT2D eigenvalue weighted by molar-refractivity contribution is 5.84. The van der Waals surface area contributed by atoms with Gasteiger partial charge in [-0.1, -0.05) is 39.8 Å². The molecule has 5 heteroatoms. The van der Waals surface area contributed by atoms with Crippen LogP contribution in [0.2, 0.25) is 0 Å². The lowest BCUT2D eigenvalue weighted by Crippen LogP contribution is -2.65. The van der Waals surface area contributed by atoms with Gasteiger partial charge in [0.25, 0.3) is 0 Å². The molecule has 27 heavy (non-hydrogen) atoms. The van der Waals surface area contributed by atoms with E-state index in [9.17, 15) is 9.59 Å². The van der Waals surface area contributed by atoms with Crippen molar-refractivity contribution in [1.29, 1.82) is 0 Å². The van der Waals surface area contributed by atoms with E-state index in [1.807, 2.05) is 24.3 Å². The molecule has 1 aliphatic carbocycles. The number of methoxy groups -OCH3 is 1. The van der Waals surface area contributed by atoms with Crippen molar-refractivity contribution in [3.8, 4) is 5.75 Å². The van der Waals surface area contributed by atoms with Crippen LogP contribution in [0.15, 0.2) is 24.3 Å². The van der Waals surface area contributed by atoms with Crippen molar-refractivity contribution in [3.63, 3.8) is 0 Å². The first-order valence-corrected chi connectivity index (χ1v) is 9.59. The lowest BCUT2D eigenvalue weighted by Gasteiger charge is -2.60. The van der Waals surface area contributed by atoms with Gasteiger partial charge in [-0.25, -0.2) is 0 Å². The summed E-state index contributed by atoms with van der Waals surface area (Å²) in [5.74, 6) is 0.508. The SMILES string of the molecule is COc1ccc(CN2C(=O)C3(C)CC(C)(C)CC(C)(C3)C2OC(C)=O)cc1. The first-order valence-electron chi connectivity index (χ1n) is 9.59. The number of nitrogens with zero attached hydrogens (tertiary/aromatic N) is 1. The molecule has 3 atom stereocenters. The highest BCUT2D eigenvalue weighted by Crippen LogP contribution is 2.60. The van der Waals surface area contributed by atoms with E-state index < -0.39 is 11.6 Å². The molecule has 0 N–H and O–H groups in total. The van der Waals surface area contributed by atoms with Crippen LogP contribution in [0.1, 0.15) is 59.4 Å². The van der Waals surface area contributed by atoms with E-state index in [-0.39, 0.29) is 22.7 Å². The Morgan fingerprint density at radius 3 is 2.30 bits per heavy atom. The molecular formula is C22H31NO4. The summed E-state index contributed by atoms with van der Waals surface area (Å²) < 4.78 is 11.0. The van der Waals surface area contributed by atoms with Crippen LogP contribution in [-0.4, -0.2) is 30.1 Å². The van der Waals surface area contributed by atoms with E-state index in [2.05, 4.69) is 27.7 Å². The Balaban J connectivity index is 1.98. The zero-order valence-corrected chi connectivity index (χ0v) is 17.3. The number of piperidine rings is 1. The number of hydrogen-bond acceptors (Lipinski definition) is 4. The number of benzene rings is 1. The Kier molecular flexibility index (Phi) is 4.77. The molecule has 2 bridgehead atoms. The molecule has 0 aromatic heterocycles. The van der Waals surface area contributed by atoms with E-state index in [1.165, 1.54) is 6.92 Å². The van der Waals surface area contributed by atoms with Gasteiger partial charge in [-0.05, 0) is 42.4 Å². The van der Waals surface area contributed by atoms with Gasteiger partial charge in [0.05, 0.1) is 7.11 Å². The normalized spacial score (nSPS) is 32.1. The molecule has 1 saturated carbocycles. The van der Waals surface area contributed by atoms with Gasteiger partial charge in [-0.15, -0.1) is 0 Å². The quantitative estimate of drug-likeness (QED) is 0.744. The van der Waals surface area contributed by atoms with Crippen LogP contribution in [0.5, 0.6) is 5.75 Å². The van der Waals surface area contributed by atoms with Gasteiger partial charge in [0.15, 0.2) is 6.23 Å². The molecule has 2 aliphatic rings. The van der Waals surface area contributed by atoms with Gasteiger partial charge in [0, 0.05) is 24.3 Å². The summed E-state index contributed by atoms with van der Waals surface area (Å²) in [5.41, 5.74) is 0.331. The van der Waals surface area contributed by atoms with Crippen LogP contribution in [0.3, 0.4) is 0 Å². The maximum atomic E-state index is 13.5. The summed E-state index contributed by atoms with van der Waals surface area (Å²) in [6, 6.07) is 7.68. The van der Waals surface area contributed by atoms with Gasteiger partial charge < -0.3 is 14.4 Å². The number of rotatable bonds is 4. The van der Waals surface area contributed by atoms with Crippen LogP contribution in [-0.2, 0) is 20.9 Å².